The molecule has 0 unspecified atom stereocenters. The molecule has 1 heterocycles. The maximum absolute atomic E-state index is 11.2. The van der Waals surface area contributed by atoms with Gasteiger partial charge in [-0.2, -0.15) is 0 Å². The summed E-state index contributed by atoms with van der Waals surface area (Å²) in [6.45, 7) is 2.48. The number of H-pyrrole nitrogens is 1. The van der Waals surface area contributed by atoms with E-state index in [1.165, 1.54) is 6.07 Å². The first-order chi connectivity index (χ1) is 7.61. The van der Waals surface area contributed by atoms with E-state index < -0.39 is 0 Å². The minimum Gasteiger partial charge on any atom is -0.370 e. The molecule has 0 aliphatic rings. The van der Waals surface area contributed by atoms with Gasteiger partial charge in [0.15, 0.2) is 0 Å². The Bertz CT molecular complexity index is 414. The molecule has 0 aliphatic heterocycles. The number of hydrogen-bond acceptors (Lipinski definition) is 4. The van der Waals surface area contributed by atoms with Crippen LogP contribution in [0.3, 0.4) is 0 Å². The molecule has 0 spiro atoms. The minimum atomic E-state index is -0.324. The van der Waals surface area contributed by atoms with Crippen LogP contribution in [-0.2, 0) is 11.2 Å². The Morgan fingerprint density at radius 3 is 3.00 bits per heavy atom. The van der Waals surface area contributed by atoms with Gasteiger partial charge in [-0.25, -0.2) is 4.98 Å². The van der Waals surface area contributed by atoms with Crippen molar-refractivity contribution in [3.8, 4) is 0 Å². The van der Waals surface area contributed by atoms with Crippen LogP contribution in [0.5, 0.6) is 0 Å². The van der Waals surface area contributed by atoms with Gasteiger partial charge in [0.05, 0.1) is 0 Å². The predicted molar refractivity (Wildman–Crippen MR) is 61.2 cm³/mol. The molecule has 0 aromatic carbocycles. The molecular weight excluding hydrogens is 208 g/mol. The van der Waals surface area contributed by atoms with Crippen LogP contribution in [0.1, 0.15) is 25.6 Å². The minimum absolute atomic E-state index is 0.177. The van der Waals surface area contributed by atoms with Crippen LogP contribution in [0.2, 0.25) is 0 Å². The molecular formula is C10H16N4O2. The first-order valence-electron chi connectivity index (χ1n) is 5.24. The van der Waals surface area contributed by atoms with Gasteiger partial charge in [-0.15, -0.1) is 0 Å². The number of aromatic amines is 1. The number of primary amides is 1. The smallest absolute Gasteiger partial charge is 0.252 e. The first kappa shape index (κ1) is 12.2. The fourth-order valence-corrected chi connectivity index (χ4v) is 1.25. The molecule has 6 heteroatoms. The Morgan fingerprint density at radius 2 is 2.38 bits per heavy atom. The fourth-order valence-electron chi connectivity index (χ4n) is 1.25. The maximum atomic E-state index is 11.2. The van der Waals surface area contributed by atoms with E-state index in [9.17, 15) is 9.59 Å². The molecule has 0 fully saturated rings. The van der Waals surface area contributed by atoms with Gasteiger partial charge in [-0.05, 0) is 6.42 Å². The molecule has 4 N–H and O–H groups in total. The van der Waals surface area contributed by atoms with E-state index in [4.69, 9.17) is 5.73 Å². The van der Waals surface area contributed by atoms with Gasteiger partial charge in [0.1, 0.15) is 11.6 Å². The van der Waals surface area contributed by atoms with Crippen LogP contribution < -0.4 is 16.6 Å². The molecule has 16 heavy (non-hydrogen) atoms. The quantitative estimate of drug-likeness (QED) is 0.592. The zero-order valence-corrected chi connectivity index (χ0v) is 9.25. The summed E-state index contributed by atoms with van der Waals surface area (Å²) in [6, 6.07) is 1.39. The molecule has 0 radical (unpaired) electrons. The molecule has 1 rings (SSSR count). The fraction of sp³-hybridized carbons (Fsp3) is 0.500. The Hall–Kier alpha value is -1.85. The van der Waals surface area contributed by atoms with Crippen LogP contribution in [0.4, 0.5) is 5.82 Å². The van der Waals surface area contributed by atoms with Crippen LogP contribution in [0.15, 0.2) is 10.9 Å². The summed E-state index contributed by atoms with van der Waals surface area (Å²) in [5.74, 6) is 0.852. The lowest BCUT2D eigenvalue weighted by Gasteiger charge is -2.05. The van der Waals surface area contributed by atoms with Gasteiger partial charge in [0.25, 0.3) is 5.56 Å². The molecule has 0 bridgehead atoms. The molecule has 1 amide bonds. The Labute approximate surface area is 93.3 Å². The van der Waals surface area contributed by atoms with Crippen molar-refractivity contribution in [1.29, 1.82) is 0 Å². The van der Waals surface area contributed by atoms with E-state index in [1.807, 2.05) is 6.92 Å². The molecule has 1 aromatic heterocycles. The van der Waals surface area contributed by atoms with E-state index in [-0.39, 0.29) is 11.5 Å². The van der Waals surface area contributed by atoms with Gasteiger partial charge >= 0.3 is 0 Å². The van der Waals surface area contributed by atoms with Crippen molar-refractivity contribution in [3.63, 3.8) is 0 Å². The second kappa shape index (κ2) is 5.89. The standard InChI is InChI=1S/C10H16N4O2/c1-2-8-13-9(6-10(16)14-8)12-5-3-4-7(11)15/h6H,2-5H2,1H3,(H2,11,15)(H2,12,13,14,16). The molecule has 6 nitrogen and oxygen atoms in total. The number of aromatic nitrogens is 2. The molecule has 1 aromatic rings. The number of hydrogen-bond donors (Lipinski definition) is 3. The third kappa shape index (κ3) is 4.12. The maximum Gasteiger partial charge on any atom is 0.252 e. The summed E-state index contributed by atoms with van der Waals surface area (Å²) in [7, 11) is 0. The van der Waals surface area contributed by atoms with E-state index in [2.05, 4.69) is 15.3 Å². The van der Waals surface area contributed by atoms with E-state index in [0.29, 0.717) is 37.4 Å². The van der Waals surface area contributed by atoms with Crippen molar-refractivity contribution >= 4 is 11.7 Å². The number of amides is 1. The number of carbonyl (C=O) groups excluding carboxylic acids is 1. The van der Waals surface area contributed by atoms with E-state index >= 15 is 0 Å². The van der Waals surface area contributed by atoms with Crippen molar-refractivity contribution in [2.24, 2.45) is 5.73 Å². The van der Waals surface area contributed by atoms with Gasteiger partial charge < -0.3 is 16.0 Å². The van der Waals surface area contributed by atoms with Gasteiger partial charge in [-0.1, -0.05) is 6.92 Å². The van der Waals surface area contributed by atoms with Crippen LogP contribution >= 0.6 is 0 Å². The summed E-state index contributed by atoms with van der Waals surface area (Å²) in [6.07, 6.45) is 1.63. The number of carbonyl (C=O) groups is 1. The lowest BCUT2D eigenvalue weighted by atomic mass is 10.3. The monoisotopic (exact) mass is 224 g/mol. The van der Waals surface area contributed by atoms with Crippen molar-refractivity contribution in [2.75, 3.05) is 11.9 Å². The summed E-state index contributed by atoms with van der Waals surface area (Å²) in [5, 5.41) is 2.98. The summed E-state index contributed by atoms with van der Waals surface area (Å²) in [4.78, 5) is 28.5. The lowest BCUT2D eigenvalue weighted by Crippen LogP contribution is -2.16. The highest BCUT2D eigenvalue weighted by Gasteiger charge is 1.99. The van der Waals surface area contributed by atoms with Crippen molar-refractivity contribution in [3.05, 3.63) is 22.2 Å². The summed E-state index contributed by atoms with van der Waals surface area (Å²) in [5.41, 5.74) is 4.83. The average molecular weight is 224 g/mol. The van der Waals surface area contributed by atoms with Crippen LogP contribution in [-0.4, -0.2) is 22.4 Å². The number of aryl methyl sites for hydroxylation is 1. The number of nitrogens with two attached hydrogens (primary N) is 1. The van der Waals surface area contributed by atoms with Crippen molar-refractivity contribution in [1.82, 2.24) is 9.97 Å². The third-order valence-electron chi connectivity index (χ3n) is 2.03. The topological polar surface area (TPSA) is 101 Å². The number of nitrogens with one attached hydrogen (secondary N) is 2. The highest BCUT2D eigenvalue weighted by molar-refractivity contribution is 5.73. The Kier molecular flexibility index (Phi) is 4.50. The largest absolute Gasteiger partial charge is 0.370 e. The Morgan fingerprint density at radius 1 is 1.62 bits per heavy atom. The van der Waals surface area contributed by atoms with E-state index in [1.54, 1.807) is 0 Å². The second-order valence-electron chi connectivity index (χ2n) is 3.43. The van der Waals surface area contributed by atoms with Crippen molar-refractivity contribution in [2.45, 2.75) is 26.2 Å². The number of nitrogens with zero attached hydrogens (tertiary/aromatic N) is 1. The van der Waals surface area contributed by atoms with Crippen LogP contribution in [0.25, 0.3) is 0 Å². The number of anilines is 1. The molecule has 0 saturated carbocycles. The SMILES string of the molecule is CCc1nc(NCCCC(N)=O)cc(=O)[nH]1. The van der Waals surface area contributed by atoms with Gasteiger partial charge in [0, 0.05) is 25.5 Å². The molecule has 0 aliphatic carbocycles. The van der Waals surface area contributed by atoms with E-state index in [0.717, 1.165) is 0 Å². The normalized spacial score (nSPS) is 10.1. The van der Waals surface area contributed by atoms with Crippen molar-refractivity contribution < 1.29 is 4.79 Å². The number of rotatable bonds is 6. The zero-order valence-electron chi connectivity index (χ0n) is 9.25. The summed E-state index contributed by atoms with van der Waals surface area (Å²) >= 11 is 0. The predicted octanol–water partition coefficient (Wildman–Crippen LogP) is 0.00970. The zero-order chi connectivity index (χ0) is 12.0. The van der Waals surface area contributed by atoms with Gasteiger partial charge in [0.2, 0.25) is 5.91 Å². The highest BCUT2D eigenvalue weighted by Crippen LogP contribution is 2.00. The highest BCUT2D eigenvalue weighted by atomic mass is 16.1. The Balaban J connectivity index is 2.50. The van der Waals surface area contributed by atoms with Crippen LogP contribution in [0, 0.1) is 0 Å². The second-order valence-corrected chi connectivity index (χ2v) is 3.43. The first-order valence-corrected chi connectivity index (χ1v) is 5.24. The van der Waals surface area contributed by atoms with Gasteiger partial charge in [-0.3, -0.25) is 9.59 Å². The third-order valence-corrected chi connectivity index (χ3v) is 2.03. The average Bonchev–Trinajstić information content (AvgIpc) is 2.23. The lowest BCUT2D eigenvalue weighted by molar-refractivity contribution is -0.118. The molecule has 0 atom stereocenters. The molecule has 0 saturated heterocycles. The summed E-state index contributed by atoms with van der Waals surface area (Å²) < 4.78 is 0. The molecule has 88 valence electrons.